The first-order valence-corrected chi connectivity index (χ1v) is 6.50. The van der Waals surface area contributed by atoms with Gasteiger partial charge in [-0.3, -0.25) is 4.79 Å². The summed E-state index contributed by atoms with van der Waals surface area (Å²) in [6.07, 6.45) is 0.826. The molecule has 4 heteroatoms. The Bertz CT molecular complexity index is 486. The molecule has 0 fully saturated rings. The van der Waals surface area contributed by atoms with Gasteiger partial charge in [0.15, 0.2) is 5.78 Å². The van der Waals surface area contributed by atoms with Crippen molar-refractivity contribution in [2.24, 2.45) is 0 Å². The number of hydrogen-bond donors (Lipinski definition) is 0. The van der Waals surface area contributed by atoms with Gasteiger partial charge in [-0.15, -0.1) is 0 Å². The minimum atomic E-state index is -3.70. The number of benzene rings is 1. The van der Waals surface area contributed by atoms with E-state index in [0.717, 1.165) is 0 Å². The molecule has 3 nitrogen and oxygen atoms in total. The van der Waals surface area contributed by atoms with Crippen LogP contribution in [-0.2, 0) is 14.6 Å². The normalized spacial score (nSPS) is 11.1. The van der Waals surface area contributed by atoms with Crippen molar-refractivity contribution in [2.45, 2.75) is 24.7 Å². The van der Waals surface area contributed by atoms with Gasteiger partial charge in [0.05, 0.1) is 4.90 Å². The Hall–Kier alpha value is -1.42. The Kier molecular flexibility index (Phi) is 4.01. The predicted octanol–water partition coefficient (Wildman–Crippen LogP) is 2.34. The van der Waals surface area contributed by atoms with E-state index in [1.165, 1.54) is 12.1 Å². The molecule has 0 unspecified atom stereocenters. The molecule has 0 saturated heterocycles. The van der Waals surface area contributed by atoms with Crippen molar-refractivity contribution < 1.29 is 13.2 Å². The molecule has 0 radical (unpaired) electrons. The van der Waals surface area contributed by atoms with Gasteiger partial charge in [-0.1, -0.05) is 31.7 Å². The Labute approximate surface area is 95.7 Å². The number of rotatable bonds is 5. The number of Topliss-reactive ketones (excluding diaryl/α,β-unsaturated/α-hetero) is 1. The summed E-state index contributed by atoms with van der Waals surface area (Å²) in [5, 5.41) is 0. The maximum atomic E-state index is 11.9. The van der Waals surface area contributed by atoms with E-state index < -0.39 is 15.6 Å². The summed E-state index contributed by atoms with van der Waals surface area (Å²) < 4.78 is 23.9. The van der Waals surface area contributed by atoms with Crippen LogP contribution in [0.5, 0.6) is 0 Å². The largest absolute Gasteiger partial charge is 0.293 e. The summed E-state index contributed by atoms with van der Waals surface area (Å²) in [5.41, 5.74) is 0. The van der Waals surface area contributed by atoms with Crippen LogP contribution >= 0.6 is 0 Å². The van der Waals surface area contributed by atoms with Crippen LogP contribution in [0.1, 0.15) is 19.8 Å². The molecule has 0 atom stereocenters. The Morgan fingerprint density at radius 2 is 1.81 bits per heavy atom. The van der Waals surface area contributed by atoms with Crippen molar-refractivity contribution in [1.29, 1.82) is 0 Å². The molecule has 16 heavy (non-hydrogen) atoms. The minimum absolute atomic E-state index is 0.115. The molecule has 0 N–H and O–H groups in total. The first kappa shape index (κ1) is 12.6. The molecule has 0 spiro atoms. The lowest BCUT2D eigenvalue weighted by Crippen LogP contribution is -2.12. The zero-order valence-corrected chi connectivity index (χ0v) is 9.96. The van der Waals surface area contributed by atoms with Gasteiger partial charge < -0.3 is 0 Å². The van der Waals surface area contributed by atoms with Crippen LogP contribution in [-0.4, -0.2) is 14.2 Å². The molecule has 0 heterocycles. The van der Waals surface area contributed by atoms with Gasteiger partial charge in [0.2, 0.25) is 9.84 Å². The van der Waals surface area contributed by atoms with Crippen molar-refractivity contribution >= 4 is 15.6 Å². The van der Waals surface area contributed by atoms with Crippen LogP contribution in [0.25, 0.3) is 0 Å². The van der Waals surface area contributed by atoms with Crippen LogP contribution < -0.4 is 0 Å². The smallest absolute Gasteiger partial charge is 0.209 e. The van der Waals surface area contributed by atoms with Gasteiger partial charge in [-0.2, -0.15) is 0 Å². The summed E-state index contributed by atoms with van der Waals surface area (Å²) in [4.78, 5) is 11.3. The molecular weight excluding hydrogens is 224 g/mol. The van der Waals surface area contributed by atoms with Crippen molar-refractivity contribution in [3.8, 4) is 0 Å². The second-order valence-corrected chi connectivity index (χ2v) is 5.38. The zero-order valence-electron chi connectivity index (χ0n) is 9.14. The van der Waals surface area contributed by atoms with Gasteiger partial charge >= 0.3 is 0 Å². The van der Waals surface area contributed by atoms with E-state index in [-0.39, 0.29) is 16.2 Å². The Balaban J connectivity index is 3.05. The van der Waals surface area contributed by atoms with Gasteiger partial charge in [0.1, 0.15) is 4.91 Å². The van der Waals surface area contributed by atoms with Crippen LogP contribution in [0.15, 0.2) is 46.7 Å². The Morgan fingerprint density at radius 1 is 1.25 bits per heavy atom. The van der Waals surface area contributed by atoms with Crippen molar-refractivity contribution in [3.63, 3.8) is 0 Å². The number of hydrogen-bond acceptors (Lipinski definition) is 3. The summed E-state index contributed by atoms with van der Waals surface area (Å²) >= 11 is 0. The Morgan fingerprint density at radius 3 is 2.31 bits per heavy atom. The highest BCUT2D eigenvalue weighted by Crippen LogP contribution is 2.19. The molecule has 86 valence electrons. The lowest BCUT2D eigenvalue weighted by Gasteiger charge is -2.05. The fraction of sp³-hybridized carbons (Fsp3) is 0.250. The average molecular weight is 238 g/mol. The number of carbonyl (C=O) groups is 1. The van der Waals surface area contributed by atoms with Crippen molar-refractivity contribution in [1.82, 2.24) is 0 Å². The van der Waals surface area contributed by atoms with E-state index in [0.29, 0.717) is 6.42 Å². The second-order valence-electron chi connectivity index (χ2n) is 3.41. The third-order valence-electron chi connectivity index (χ3n) is 2.17. The van der Waals surface area contributed by atoms with E-state index in [1.54, 1.807) is 18.2 Å². The van der Waals surface area contributed by atoms with E-state index in [4.69, 9.17) is 0 Å². The SMILES string of the molecule is C=C(C(=O)CCC)S(=O)(=O)c1ccccc1. The van der Waals surface area contributed by atoms with Crippen molar-refractivity contribution in [2.75, 3.05) is 0 Å². The fourth-order valence-electron chi connectivity index (χ4n) is 1.26. The molecular formula is C12H14O3S. The molecule has 1 rings (SSSR count). The van der Waals surface area contributed by atoms with Crippen LogP contribution in [0, 0.1) is 0 Å². The summed E-state index contributed by atoms with van der Waals surface area (Å²) in [6.45, 7) is 5.20. The number of ketones is 1. The minimum Gasteiger partial charge on any atom is -0.293 e. The van der Waals surface area contributed by atoms with Gasteiger partial charge in [0, 0.05) is 6.42 Å². The maximum absolute atomic E-state index is 11.9. The average Bonchev–Trinajstić information content (AvgIpc) is 2.29. The predicted molar refractivity (Wildman–Crippen MR) is 62.7 cm³/mol. The monoisotopic (exact) mass is 238 g/mol. The zero-order chi connectivity index (χ0) is 12.2. The molecule has 0 aliphatic carbocycles. The van der Waals surface area contributed by atoms with Crippen LogP contribution in [0.2, 0.25) is 0 Å². The highest BCUT2D eigenvalue weighted by atomic mass is 32.2. The summed E-state index contributed by atoms with van der Waals surface area (Å²) in [5.74, 6) is -0.411. The molecule has 0 saturated carbocycles. The summed E-state index contributed by atoms with van der Waals surface area (Å²) in [7, 11) is -3.70. The van der Waals surface area contributed by atoms with Crippen LogP contribution in [0.3, 0.4) is 0 Å². The van der Waals surface area contributed by atoms with Crippen LogP contribution in [0.4, 0.5) is 0 Å². The highest BCUT2D eigenvalue weighted by molar-refractivity contribution is 7.96. The second kappa shape index (κ2) is 5.07. The topological polar surface area (TPSA) is 51.2 Å². The van der Waals surface area contributed by atoms with Crippen molar-refractivity contribution in [3.05, 3.63) is 41.8 Å². The first-order chi connectivity index (χ1) is 7.50. The summed E-state index contributed by atoms with van der Waals surface area (Å²) in [6, 6.07) is 7.87. The van der Waals surface area contributed by atoms with E-state index in [1.807, 2.05) is 6.92 Å². The number of sulfone groups is 1. The molecule has 1 aromatic carbocycles. The number of allylic oxidation sites excluding steroid dienone is 1. The quantitative estimate of drug-likeness (QED) is 0.740. The van der Waals surface area contributed by atoms with Gasteiger partial charge in [0.25, 0.3) is 0 Å². The van der Waals surface area contributed by atoms with E-state index >= 15 is 0 Å². The van der Waals surface area contributed by atoms with Gasteiger partial charge in [-0.25, -0.2) is 8.42 Å². The molecule has 0 amide bonds. The molecule has 0 aromatic heterocycles. The fourth-order valence-corrected chi connectivity index (χ4v) is 2.46. The lowest BCUT2D eigenvalue weighted by molar-refractivity contribution is -0.114. The maximum Gasteiger partial charge on any atom is 0.209 e. The third-order valence-corrected chi connectivity index (χ3v) is 3.94. The number of carbonyl (C=O) groups excluding carboxylic acids is 1. The molecule has 0 bridgehead atoms. The first-order valence-electron chi connectivity index (χ1n) is 5.02. The molecule has 0 aliphatic heterocycles. The van der Waals surface area contributed by atoms with E-state index in [2.05, 4.69) is 6.58 Å². The lowest BCUT2D eigenvalue weighted by atomic mass is 10.2. The molecule has 0 aliphatic rings. The molecule has 1 aromatic rings. The third kappa shape index (κ3) is 2.58. The highest BCUT2D eigenvalue weighted by Gasteiger charge is 2.23. The van der Waals surface area contributed by atoms with Gasteiger partial charge in [-0.05, 0) is 18.6 Å². The standard InChI is InChI=1S/C12H14O3S/c1-3-7-12(13)10(2)16(14,15)11-8-5-4-6-9-11/h4-6,8-9H,2-3,7H2,1H3. The van der Waals surface area contributed by atoms with E-state index in [9.17, 15) is 13.2 Å².